The fourth-order valence-corrected chi connectivity index (χ4v) is 2.08. The van der Waals surface area contributed by atoms with Crippen LogP contribution in [0.3, 0.4) is 0 Å². The van der Waals surface area contributed by atoms with Gasteiger partial charge in [-0.25, -0.2) is 0 Å². The van der Waals surface area contributed by atoms with Gasteiger partial charge in [-0.05, 0) is 31.9 Å². The van der Waals surface area contributed by atoms with E-state index in [1.165, 1.54) is 12.8 Å². The summed E-state index contributed by atoms with van der Waals surface area (Å²) in [5.41, 5.74) is 2.54. The zero-order chi connectivity index (χ0) is 13.4. The number of pyridine rings is 1. The summed E-state index contributed by atoms with van der Waals surface area (Å²) in [6.07, 6.45) is 4.08. The van der Waals surface area contributed by atoms with Crippen molar-refractivity contribution in [3.05, 3.63) is 41.3 Å². The van der Waals surface area contributed by atoms with Crippen LogP contribution in [-0.4, -0.2) is 20.7 Å². The number of carbonyl (C=O) groups excluding carboxylic acids is 1. The quantitative estimate of drug-likeness (QED) is 0.916. The van der Waals surface area contributed by atoms with Crippen molar-refractivity contribution in [3.63, 3.8) is 0 Å². The maximum Gasteiger partial charge on any atom is 0.258 e. The first kappa shape index (κ1) is 11.9. The SMILES string of the molecule is Cc1cc(NC(=O)c2ccc(C3CC3)nc2)n(C)n1. The molecule has 98 valence electrons. The molecule has 0 aromatic carbocycles. The third kappa shape index (κ3) is 2.50. The highest BCUT2D eigenvalue weighted by molar-refractivity contribution is 6.03. The van der Waals surface area contributed by atoms with Crippen LogP contribution in [0.2, 0.25) is 0 Å². The smallest absolute Gasteiger partial charge is 0.258 e. The molecule has 1 aliphatic carbocycles. The van der Waals surface area contributed by atoms with Crippen LogP contribution < -0.4 is 5.32 Å². The first-order chi connectivity index (χ1) is 9.13. The molecule has 0 atom stereocenters. The largest absolute Gasteiger partial charge is 0.307 e. The Morgan fingerprint density at radius 3 is 2.74 bits per heavy atom. The highest BCUT2D eigenvalue weighted by Crippen LogP contribution is 2.38. The standard InChI is InChI=1S/C14H16N4O/c1-9-7-13(18(2)17-9)16-14(19)11-5-6-12(15-8-11)10-3-4-10/h5-8,10H,3-4H2,1-2H3,(H,16,19). The second-order valence-corrected chi connectivity index (χ2v) is 4.99. The molecule has 5 heteroatoms. The van der Waals surface area contributed by atoms with Gasteiger partial charge < -0.3 is 5.32 Å². The summed E-state index contributed by atoms with van der Waals surface area (Å²) in [6, 6.07) is 5.62. The molecule has 0 saturated heterocycles. The van der Waals surface area contributed by atoms with E-state index in [1.807, 2.05) is 25.1 Å². The molecule has 1 N–H and O–H groups in total. The molecule has 2 aromatic rings. The van der Waals surface area contributed by atoms with Gasteiger partial charge in [0.1, 0.15) is 5.82 Å². The van der Waals surface area contributed by atoms with E-state index in [0.29, 0.717) is 17.3 Å². The van der Waals surface area contributed by atoms with Crippen molar-refractivity contribution >= 4 is 11.7 Å². The van der Waals surface area contributed by atoms with Crippen LogP contribution in [0.1, 0.15) is 40.5 Å². The summed E-state index contributed by atoms with van der Waals surface area (Å²) in [4.78, 5) is 16.4. The molecule has 0 aliphatic heterocycles. The first-order valence-corrected chi connectivity index (χ1v) is 6.41. The zero-order valence-electron chi connectivity index (χ0n) is 11.1. The van der Waals surface area contributed by atoms with Crippen LogP contribution in [-0.2, 0) is 7.05 Å². The highest BCUT2D eigenvalue weighted by Gasteiger charge is 2.24. The highest BCUT2D eigenvalue weighted by atomic mass is 16.1. The first-order valence-electron chi connectivity index (χ1n) is 6.41. The minimum atomic E-state index is -0.155. The number of carbonyl (C=O) groups is 1. The number of nitrogens with one attached hydrogen (secondary N) is 1. The Hall–Kier alpha value is -2.17. The summed E-state index contributed by atoms with van der Waals surface area (Å²) in [5, 5.41) is 7.02. The lowest BCUT2D eigenvalue weighted by Crippen LogP contribution is -2.14. The number of rotatable bonds is 3. The summed E-state index contributed by atoms with van der Waals surface area (Å²) >= 11 is 0. The molecule has 1 aliphatic rings. The lowest BCUT2D eigenvalue weighted by Gasteiger charge is -2.05. The van der Waals surface area contributed by atoms with E-state index in [2.05, 4.69) is 15.4 Å². The van der Waals surface area contributed by atoms with E-state index >= 15 is 0 Å². The number of anilines is 1. The minimum absolute atomic E-state index is 0.155. The van der Waals surface area contributed by atoms with Crippen molar-refractivity contribution in [2.24, 2.45) is 7.05 Å². The molecule has 5 nitrogen and oxygen atoms in total. The van der Waals surface area contributed by atoms with Gasteiger partial charge in [-0.15, -0.1) is 0 Å². The Morgan fingerprint density at radius 1 is 1.42 bits per heavy atom. The molecule has 19 heavy (non-hydrogen) atoms. The van der Waals surface area contributed by atoms with Crippen LogP contribution in [0.4, 0.5) is 5.82 Å². The van der Waals surface area contributed by atoms with Gasteiger partial charge in [0.05, 0.1) is 11.3 Å². The van der Waals surface area contributed by atoms with E-state index in [-0.39, 0.29) is 5.91 Å². The molecule has 2 heterocycles. The van der Waals surface area contributed by atoms with Crippen LogP contribution in [0.15, 0.2) is 24.4 Å². The molecular weight excluding hydrogens is 240 g/mol. The predicted molar refractivity (Wildman–Crippen MR) is 72.1 cm³/mol. The summed E-state index contributed by atoms with van der Waals surface area (Å²) in [7, 11) is 1.80. The zero-order valence-corrected chi connectivity index (χ0v) is 11.1. The molecule has 0 spiro atoms. The molecule has 1 saturated carbocycles. The average Bonchev–Trinajstić information content (AvgIpc) is 3.17. The Bertz CT molecular complexity index is 611. The molecule has 1 amide bonds. The van der Waals surface area contributed by atoms with Crippen LogP contribution in [0.5, 0.6) is 0 Å². The van der Waals surface area contributed by atoms with Gasteiger partial charge in [-0.3, -0.25) is 14.5 Å². The Labute approximate surface area is 111 Å². The minimum Gasteiger partial charge on any atom is -0.307 e. The van der Waals surface area contributed by atoms with Crippen molar-refractivity contribution in [2.45, 2.75) is 25.7 Å². The van der Waals surface area contributed by atoms with Gasteiger partial charge in [0.25, 0.3) is 5.91 Å². The predicted octanol–water partition coefficient (Wildman–Crippen LogP) is 2.25. The fraction of sp³-hybridized carbons (Fsp3) is 0.357. The average molecular weight is 256 g/mol. The van der Waals surface area contributed by atoms with Crippen molar-refractivity contribution in [3.8, 4) is 0 Å². The fourth-order valence-electron chi connectivity index (χ4n) is 2.08. The Kier molecular flexibility index (Phi) is 2.81. The maximum atomic E-state index is 12.1. The van der Waals surface area contributed by atoms with E-state index in [4.69, 9.17) is 0 Å². The van der Waals surface area contributed by atoms with E-state index in [0.717, 1.165) is 11.4 Å². The summed E-state index contributed by atoms with van der Waals surface area (Å²) in [6.45, 7) is 1.89. The number of hydrogen-bond donors (Lipinski definition) is 1. The van der Waals surface area contributed by atoms with Crippen molar-refractivity contribution in [1.82, 2.24) is 14.8 Å². The monoisotopic (exact) mass is 256 g/mol. The maximum absolute atomic E-state index is 12.1. The van der Waals surface area contributed by atoms with E-state index in [1.54, 1.807) is 17.9 Å². The molecule has 1 fully saturated rings. The van der Waals surface area contributed by atoms with Crippen LogP contribution in [0.25, 0.3) is 0 Å². The third-order valence-electron chi connectivity index (χ3n) is 3.29. The van der Waals surface area contributed by atoms with Crippen molar-refractivity contribution < 1.29 is 4.79 Å². The molecule has 0 unspecified atom stereocenters. The van der Waals surface area contributed by atoms with Gasteiger partial charge in [0.2, 0.25) is 0 Å². The Balaban J connectivity index is 1.74. The Morgan fingerprint density at radius 2 is 2.21 bits per heavy atom. The number of aryl methyl sites for hydroxylation is 2. The van der Waals surface area contributed by atoms with Crippen LogP contribution >= 0.6 is 0 Å². The van der Waals surface area contributed by atoms with Crippen molar-refractivity contribution in [1.29, 1.82) is 0 Å². The van der Waals surface area contributed by atoms with Gasteiger partial charge in [-0.1, -0.05) is 0 Å². The molecular formula is C14H16N4O. The number of hydrogen-bond acceptors (Lipinski definition) is 3. The lowest BCUT2D eigenvalue weighted by molar-refractivity contribution is 0.102. The number of nitrogens with zero attached hydrogens (tertiary/aromatic N) is 3. The lowest BCUT2D eigenvalue weighted by atomic mass is 10.2. The second-order valence-electron chi connectivity index (χ2n) is 4.99. The van der Waals surface area contributed by atoms with Gasteiger partial charge in [0, 0.05) is 30.9 Å². The second kappa shape index (κ2) is 4.50. The van der Waals surface area contributed by atoms with Gasteiger partial charge in [-0.2, -0.15) is 5.10 Å². The van der Waals surface area contributed by atoms with Gasteiger partial charge in [0.15, 0.2) is 0 Å². The topological polar surface area (TPSA) is 59.8 Å². The molecule has 2 aromatic heterocycles. The number of amides is 1. The normalized spacial score (nSPS) is 14.4. The van der Waals surface area contributed by atoms with Gasteiger partial charge >= 0.3 is 0 Å². The number of aromatic nitrogens is 3. The third-order valence-corrected chi connectivity index (χ3v) is 3.29. The van der Waals surface area contributed by atoms with E-state index < -0.39 is 0 Å². The molecule has 0 bridgehead atoms. The van der Waals surface area contributed by atoms with Crippen LogP contribution in [0, 0.1) is 6.92 Å². The van der Waals surface area contributed by atoms with E-state index in [9.17, 15) is 4.79 Å². The summed E-state index contributed by atoms with van der Waals surface area (Å²) < 4.78 is 1.65. The van der Waals surface area contributed by atoms with Crippen molar-refractivity contribution in [2.75, 3.05) is 5.32 Å². The molecule has 0 radical (unpaired) electrons. The molecule has 3 rings (SSSR count). The summed E-state index contributed by atoms with van der Waals surface area (Å²) in [5.74, 6) is 1.14.